The average molecular weight is 93.1 g/mol. The molecular weight excluding hydrogens is 84.1 g/mol. The summed E-state index contributed by atoms with van der Waals surface area (Å²) in [7, 11) is 0. The molecule has 1 unspecified atom stereocenters. The van der Waals surface area contributed by atoms with Crippen LogP contribution in [0.5, 0.6) is 0 Å². The summed E-state index contributed by atoms with van der Waals surface area (Å²) in [5.74, 6) is 0.569. The van der Waals surface area contributed by atoms with Gasteiger partial charge in [-0.1, -0.05) is 24.8 Å². The van der Waals surface area contributed by atoms with Crippen molar-refractivity contribution in [3.8, 4) is 0 Å². The lowest BCUT2D eigenvalue weighted by molar-refractivity contribution is 0.773. The summed E-state index contributed by atoms with van der Waals surface area (Å²) >= 11 is 0. The summed E-state index contributed by atoms with van der Waals surface area (Å²) in [6.45, 7) is 5.26. The molecule has 0 saturated carbocycles. The van der Waals surface area contributed by atoms with Crippen LogP contribution in [0.3, 0.4) is 0 Å². The van der Waals surface area contributed by atoms with E-state index < -0.39 is 0 Å². The summed E-state index contributed by atoms with van der Waals surface area (Å²) < 4.78 is 0. The molecule has 0 spiro atoms. The van der Waals surface area contributed by atoms with E-state index in [1.807, 2.05) is 0 Å². The number of rotatable bonds is 1. The molecular formula is C7H9. The van der Waals surface area contributed by atoms with Gasteiger partial charge in [-0.3, -0.25) is 0 Å². The Hall–Kier alpha value is -0.520. The topological polar surface area (TPSA) is 0 Å². The monoisotopic (exact) mass is 93.1 g/mol. The first-order valence-electron chi connectivity index (χ1n) is 2.65. The van der Waals surface area contributed by atoms with Crippen molar-refractivity contribution in [1.29, 1.82) is 0 Å². The summed E-state index contributed by atoms with van der Waals surface area (Å²) in [4.78, 5) is 0. The highest BCUT2D eigenvalue weighted by Gasteiger charge is 2.01. The third-order valence-electron chi connectivity index (χ3n) is 1.30. The van der Waals surface area contributed by atoms with Crippen molar-refractivity contribution in [2.24, 2.45) is 5.92 Å². The van der Waals surface area contributed by atoms with Gasteiger partial charge in [0, 0.05) is 0 Å². The first kappa shape index (κ1) is 4.63. The fourth-order valence-corrected chi connectivity index (χ4v) is 0.816. The highest BCUT2D eigenvalue weighted by Crippen LogP contribution is 2.16. The summed E-state index contributed by atoms with van der Waals surface area (Å²) in [6, 6.07) is 0. The Bertz CT molecular complexity index is 90.2. The Labute approximate surface area is 44.5 Å². The van der Waals surface area contributed by atoms with Crippen LogP contribution in [0.2, 0.25) is 0 Å². The van der Waals surface area contributed by atoms with Gasteiger partial charge < -0.3 is 0 Å². The zero-order valence-corrected chi connectivity index (χ0v) is 4.30. The maximum absolute atomic E-state index is 5.26. The van der Waals surface area contributed by atoms with Crippen LogP contribution in [0.4, 0.5) is 0 Å². The Kier molecular flexibility index (Phi) is 1.30. The molecule has 1 atom stereocenters. The Morgan fingerprint density at radius 3 is 2.86 bits per heavy atom. The Morgan fingerprint density at radius 2 is 2.57 bits per heavy atom. The van der Waals surface area contributed by atoms with Gasteiger partial charge >= 0.3 is 0 Å². The third-order valence-corrected chi connectivity index (χ3v) is 1.30. The molecule has 1 aliphatic carbocycles. The minimum atomic E-state index is 0.569. The first-order chi connectivity index (χ1) is 3.43. The van der Waals surface area contributed by atoms with Gasteiger partial charge in [0.05, 0.1) is 0 Å². The molecule has 0 fully saturated rings. The molecule has 0 heterocycles. The van der Waals surface area contributed by atoms with Gasteiger partial charge in [0.1, 0.15) is 0 Å². The third kappa shape index (κ3) is 0.923. The standard InChI is InChI=1S/C7H9/c1-2-7-5-3-4-6-7/h1-3,5,7H,4,6H2. The van der Waals surface area contributed by atoms with Crippen LogP contribution in [-0.2, 0) is 0 Å². The van der Waals surface area contributed by atoms with Gasteiger partial charge in [-0.15, -0.1) is 0 Å². The quantitative estimate of drug-likeness (QED) is 0.434. The summed E-state index contributed by atoms with van der Waals surface area (Å²) in [5, 5.41) is 0. The second-order valence-corrected chi connectivity index (χ2v) is 1.86. The van der Waals surface area contributed by atoms with Crippen molar-refractivity contribution >= 4 is 0 Å². The van der Waals surface area contributed by atoms with E-state index >= 15 is 0 Å². The molecule has 0 aliphatic heterocycles. The zero-order valence-electron chi connectivity index (χ0n) is 4.30. The van der Waals surface area contributed by atoms with Crippen LogP contribution < -0.4 is 0 Å². The minimum Gasteiger partial charge on any atom is -0.0879 e. The van der Waals surface area contributed by atoms with Crippen molar-refractivity contribution in [2.45, 2.75) is 12.8 Å². The van der Waals surface area contributed by atoms with E-state index in [-0.39, 0.29) is 0 Å². The maximum atomic E-state index is 5.26. The van der Waals surface area contributed by atoms with Crippen LogP contribution in [0.1, 0.15) is 12.8 Å². The SMILES string of the molecule is [CH]=CC1C=CCC1. The Morgan fingerprint density at radius 1 is 1.71 bits per heavy atom. The van der Waals surface area contributed by atoms with E-state index in [9.17, 15) is 0 Å². The molecule has 0 heteroatoms. The predicted molar refractivity (Wildman–Crippen MR) is 30.7 cm³/mol. The number of allylic oxidation sites excluding steroid dienone is 3. The highest BCUT2D eigenvalue weighted by molar-refractivity contribution is 5.02. The lowest BCUT2D eigenvalue weighted by Gasteiger charge is -1.92. The molecule has 7 heavy (non-hydrogen) atoms. The fraction of sp³-hybridized carbons (Fsp3) is 0.429. The summed E-state index contributed by atoms with van der Waals surface area (Å²) in [5.41, 5.74) is 0. The molecule has 37 valence electrons. The second-order valence-electron chi connectivity index (χ2n) is 1.86. The van der Waals surface area contributed by atoms with Crippen LogP contribution in [0.25, 0.3) is 0 Å². The van der Waals surface area contributed by atoms with Gasteiger partial charge in [0.15, 0.2) is 0 Å². The second kappa shape index (κ2) is 1.97. The van der Waals surface area contributed by atoms with Gasteiger partial charge in [-0.05, 0) is 18.8 Å². The molecule has 0 bridgehead atoms. The van der Waals surface area contributed by atoms with E-state index in [1.54, 1.807) is 6.08 Å². The summed E-state index contributed by atoms with van der Waals surface area (Å²) in [6.07, 6.45) is 8.51. The van der Waals surface area contributed by atoms with Crippen LogP contribution in [-0.4, -0.2) is 0 Å². The van der Waals surface area contributed by atoms with Crippen molar-refractivity contribution in [2.75, 3.05) is 0 Å². The molecule has 0 amide bonds. The van der Waals surface area contributed by atoms with Crippen molar-refractivity contribution in [3.63, 3.8) is 0 Å². The first-order valence-corrected chi connectivity index (χ1v) is 2.65. The molecule has 0 nitrogen and oxygen atoms in total. The largest absolute Gasteiger partial charge is 0.0879 e. The minimum absolute atomic E-state index is 0.569. The highest BCUT2D eigenvalue weighted by atomic mass is 14.1. The van der Waals surface area contributed by atoms with Crippen LogP contribution in [0.15, 0.2) is 18.2 Å². The fourth-order valence-electron chi connectivity index (χ4n) is 0.816. The molecule has 0 N–H and O–H groups in total. The molecule has 0 aromatic rings. The van der Waals surface area contributed by atoms with E-state index in [0.717, 1.165) is 0 Å². The number of hydrogen-bond donors (Lipinski definition) is 0. The normalized spacial score (nSPS) is 28.3. The van der Waals surface area contributed by atoms with Gasteiger partial charge in [0.25, 0.3) is 0 Å². The molecule has 0 aromatic carbocycles. The maximum Gasteiger partial charge on any atom is -0.00474 e. The van der Waals surface area contributed by atoms with Gasteiger partial charge in [-0.25, -0.2) is 0 Å². The smallest absolute Gasteiger partial charge is 0.00474 e. The van der Waals surface area contributed by atoms with E-state index in [2.05, 4.69) is 12.2 Å². The Balaban J connectivity index is 2.42. The van der Waals surface area contributed by atoms with Crippen molar-refractivity contribution in [1.82, 2.24) is 0 Å². The van der Waals surface area contributed by atoms with E-state index in [0.29, 0.717) is 5.92 Å². The molecule has 0 aromatic heterocycles. The van der Waals surface area contributed by atoms with Gasteiger partial charge in [-0.2, -0.15) is 0 Å². The van der Waals surface area contributed by atoms with Crippen molar-refractivity contribution < 1.29 is 0 Å². The van der Waals surface area contributed by atoms with Crippen LogP contribution >= 0.6 is 0 Å². The lowest BCUT2D eigenvalue weighted by Crippen LogP contribution is -1.80. The molecule has 1 aliphatic rings. The van der Waals surface area contributed by atoms with E-state index in [1.165, 1.54) is 12.8 Å². The van der Waals surface area contributed by atoms with Crippen LogP contribution in [0, 0.1) is 12.5 Å². The predicted octanol–water partition coefficient (Wildman–Crippen LogP) is 1.94. The van der Waals surface area contributed by atoms with Gasteiger partial charge in [0.2, 0.25) is 0 Å². The molecule has 0 saturated heterocycles. The average Bonchev–Trinajstić information content (AvgIpc) is 2.14. The molecule has 1 radical (unpaired) electrons. The van der Waals surface area contributed by atoms with E-state index in [4.69, 9.17) is 6.58 Å². The number of hydrogen-bond acceptors (Lipinski definition) is 0. The zero-order chi connectivity index (χ0) is 5.11. The molecule has 1 rings (SSSR count). The van der Waals surface area contributed by atoms with Crippen molar-refractivity contribution in [3.05, 3.63) is 24.8 Å². The lowest BCUT2D eigenvalue weighted by atomic mass is 10.1.